The van der Waals surface area contributed by atoms with Crippen LogP contribution >= 0.6 is 0 Å². The minimum atomic E-state index is -2.20. The molecule has 4 atom stereocenters. The maximum Gasteiger partial charge on any atom is 0.254 e. The van der Waals surface area contributed by atoms with Crippen LogP contribution in [0.3, 0.4) is 0 Å². The average Bonchev–Trinajstić information content (AvgIpc) is 2.60. The first kappa shape index (κ1) is 23.3. The highest BCUT2D eigenvalue weighted by atomic mass is 16.4. The molecule has 0 bridgehead atoms. The van der Waals surface area contributed by atoms with Crippen LogP contribution in [0.25, 0.3) is 0 Å². The number of carbonyl (C=O) groups is 1. The minimum absolute atomic E-state index is 0.0298. The molecule has 1 amide bonds. The van der Waals surface area contributed by atoms with Crippen LogP contribution in [0, 0.1) is 0 Å². The number of aliphatic hydroxyl groups is 5. The predicted molar refractivity (Wildman–Crippen MR) is 91.3 cm³/mol. The van der Waals surface area contributed by atoms with E-state index in [4.69, 9.17) is 5.11 Å². The van der Waals surface area contributed by atoms with Crippen LogP contribution in [0.1, 0.15) is 64.7 Å². The highest BCUT2D eigenvalue weighted by Crippen LogP contribution is 2.24. The van der Waals surface area contributed by atoms with E-state index in [1.165, 1.54) is 26.3 Å². The van der Waals surface area contributed by atoms with E-state index in [0.717, 1.165) is 25.7 Å². The van der Waals surface area contributed by atoms with Gasteiger partial charge in [-0.05, 0) is 12.8 Å². The van der Waals surface area contributed by atoms with Crippen molar-refractivity contribution in [1.29, 1.82) is 0 Å². The van der Waals surface area contributed by atoms with Crippen molar-refractivity contribution in [3.05, 3.63) is 0 Å². The van der Waals surface area contributed by atoms with Gasteiger partial charge in [0.2, 0.25) is 0 Å². The molecule has 6 N–H and O–H groups in total. The zero-order chi connectivity index (χ0) is 18.6. The first-order valence-corrected chi connectivity index (χ1v) is 8.94. The third-order valence-corrected chi connectivity index (χ3v) is 4.43. The van der Waals surface area contributed by atoms with Crippen molar-refractivity contribution in [3.8, 4) is 0 Å². The molecule has 144 valence electrons. The molecule has 0 aromatic carbocycles. The van der Waals surface area contributed by atoms with Crippen LogP contribution in [0.15, 0.2) is 0 Å². The van der Waals surface area contributed by atoms with E-state index in [0.29, 0.717) is 6.42 Å². The molecule has 0 saturated carbocycles. The SMILES string of the molecule is CCCCCCCCCC[C@](O)(C(=O)NC)[C@@H](O)[C@H](O)[C@H](O)CO. The van der Waals surface area contributed by atoms with Crippen molar-refractivity contribution in [2.75, 3.05) is 13.7 Å². The van der Waals surface area contributed by atoms with Gasteiger partial charge in [0, 0.05) is 7.05 Å². The summed E-state index contributed by atoms with van der Waals surface area (Å²) in [6, 6.07) is 0. The smallest absolute Gasteiger partial charge is 0.254 e. The van der Waals surface area contributed by atoms with Crippen LogP contribution in [0.4, 0.5) is 0 Å². The fraction of sp³-hybridized carbons (Fsp3) is 0.941. The fourth-order valence-corrected chi connectivity index (χ4v) is 2.74. The van der Waals surface area contributed by atoms with E-state index in [1.807, 2.05) is 0 Å². The predicted octanol–water partition coefficient (Wildman–Crippen LogP) is 0.0693. The fourth-order valence-electron chi connectivity index (χ4n) is 2.74. The van der Waals surface area contributed by atoms with Crippen molar-refractivity contribution < 1.29 is 30.3 Å². The Bertz CT molecular complexity index is 341. The van der Waals surface area contributed by atoms with Gasteiger partial charge < -0.3 is 30.8 Å². The highest BCUT2D eigenvalue weighted by Gasteiger charge is 2.47. The van der Waals surface area contributed by atoms with Crippen molar-refractivity contribution in [1.82, 2.24) is 5.32 Å². The zero-order valence-electron chi connectivity index (χ0n) is 14.9. The molecule has 0 aliphatic rings. The van der Waals surface area contributed by atoms with E-state index in [1.54, 1.807) is 0 Å². The number of unbranched alkanes of at least 4 members (excludes halogenated alkanes) is 7. The maximum absolute atomic E-state index is 12.0. The Labute approximate surface area is 144 Å². The van der Waals surface area contributed by atoms with Gasteiger partial charge in [-0.3, -0.25) is 4.79 Å². The third kappa shape index (κ3) is 7.44. The number of carbonyl (C=O) groups excluding carboxylic acids is 1. The summed E-state index contributed by atoms with van der Waals surface area (Å²) in [5.41, 5.74) is -2.20. The van der Waals surface area contributed by atoms with E-state index in [-0.39, 0.29) is 6.42 Å². The molecule has 0 aliphatic carbocycles. The second kappa shape index (κ2) is 12.6. The first-order valence-electron chi connectivity index (χ1n) is 8.94. The summed E-state index contributed by atoms with van der Waals surface area (Å²) in [5, 5.41) is 51.0. The minimum Gasteiger partial charge on any atom is -0.394 e. The summed E-state index contributed by atoms with van der Waals surface area (Å²) in [6.45, 7) is 1.38. The number of aliphatic hydroxyl groups excluding tert-OH is 4. The van der Waals surface area contributed by atoms with Crippen molar-refractivity contribution in [2.24, 2.45) is 0 Å². The van der Waals surface area contributed by atoms with Gasteiger partial charge in [0.25, 0.3) is 5.91 Å². The van der Waals surface area contributed by atoms with Crippen molar-refractivity contribution in [3.63, 3.8) is 0 Å². The van der Waals surface area contributed by atoms with Crippen LogP contribution in [-0.4, -0.2) is 69.0 Å². The number of rotatable bonds is 14. The molecule has 7 heteroatoms. The van der Waals surface area contributed by atoms with Gasteiger partial charge in [-0.25, -0.2) is 0 Å². The number of hydrogen-bond donors (Lipinski definition) is 6. The Hall–Kier alpha value is -0.730. The zero-order valence-corrected chi connectivity index (χ0v) is 14.9. The normalized spacial score (nSPS) is 17.8. The largest absolute Gasteiger partial charge is 0.394 e. The van der Waals surface area contributed by atoms with Gasteiger partial charge in [0.1, 0.15) is 18.3 Å². The monoisotopic (exact) mass is 349 g/mol. The van der Waals surface area contributed by atoms with E-state index >= 15 is 0 Å². The molecule has 0 rings (SSSR count). The Morgan fingerprint density at radius 1 is 1.00 bits per heavy atom. The Morgan fingerprint density at radius 2 is 1.50 bits per heavy atom. The summed E-state index contributed by atoms with van der Waals surface area (Å²) >= 11 is 0. The van der Waals surface area contributed by atoms with Crippen LogP contribution in [0.5, 0.6) is 0 Å². The molecule has 0 aliphatic heterocycles. The molecule has 0 aromatic heterocycles. The lowest BCUT2D eigenvalue weighted by Crippen LogP contribution is -2.60. The van der Waals surface area contributed by atoms with Crippen molar-refractivity contribution >= 4 is 5.91 Å². The summed E-state index contributed by atoms with van der Waals surface area (Å²) in [7, 11) is 1.32. The van der Waals surface area contributed by atoms with Crippen molar-refractivity contribution in [2.45, 2.75) is 88.6 Å². The first-order chi connectivity index (χ1) is 11.3. The molecular formula is C17H35NO6. The Kier molecular flexibility index (Phi) is 12.2. The van der Waals surface area contributed by atoms with Gasteiger partial charge in [-0.2, -0.15) is 0 Å². The Balaban J connectivity index is 4.47. The number of likely N-dealkylation sites (N-methyl/N-ethyl adjacent to an activating group) is 1. The lowest BCUT2D eigenvalue weighted by molar-refractivity contribution is -0.178. The van der Waals surface area contributed by atoms with Crippen LogP contribution in [-0.2, 0) is 4.79 Å². The maximum atomic E-state index is 12.0. The number of nitrogens with one attached hydrogen (secondary N) is 1. The molecule has 24 heavy (non-hydrogen) atoms. The van der Waals surface area contributed by atoms with Gasteiger partial charge in [0.05, 0.1) is 6.61 Å². The topological polar surface area (TPSA) is 130 Å². The summed E-state index contributed by atoms with van der Waals surface area (Å²) < 4.78 is 0. The molecule has 0 heterocycles. The molecular weight excluding hydrogens is 314 g/mol. The van der Waals surface area contributed by atoms with Gasteiger partial charge in [-0.1, -0.05) is 51.9 Å². The molecule has 0 unspecified atom stereocenters. The van der Waals surface area contributed by atoms with Crippen LogP contribution in [0.2, 0.25) is 0 Å². The molecule has 0 radical (unpaired) electrons. The summed E-state index contributed by atoms with van der Waals surface area (Å²) in [6.07, 6.45) is 2.82. The van der Waals surface area contributed by atoms with Gasteiger partial charge in [-0.15, -0.1) is 0 Å². The Morgan fingerprint density at radius 3 is 1.96 bits per heavy atom. The van der Waals surface area contributed by atoms with E-state index in [9.17, 15) is 25.2 Å². The van der Waals surface area contributed by atoms with E-state index in [2.05, 4.69) is 12.2 Å². The lowest BCUT2D eigenvalue weighted by atomic mass is 9.84. The summed E-state index contributed by atoms with van der Waals surface area (Å²) in [5.74, 6) is -0.817. The molecule has 7 nitrogen and oxygen atoms in total. The van der Waals surface area contributed by atoms with Gasteiger partial charge >= 0.3 is 0 Å². The lowest BCUT2D eigenvalue weighted by Gasteiger charge is -2.35. The number of hydrogen-bond acceptors (Lipinski definition) is 6. The second-order valence-electron chi connectivity index (χ2n) is 6.41. The molecule has 0 saturated heterocycles. The van der Waals surface area contributed by atoms with E-state index < -0.39 is 36.4 Å². The van der Waals surface area contributed by atoms with Crippen LogP contribution < -0.4 is 5.32 Å². The second-order valence-corrected chi connectivity index (χ2v) is 6.41. The van der Waals surface area contributed by atoms with Gasteiger partial charge in [0.15, 0.2) is 5.60 Å². The molecule has 0 aromatic rings. The average molecular weight is 349 g/mol. The number of amides is 1. The standard InChI is InChI=1S/C17H35NO6/c1-3-4-5-6-7-8-9-10-11-17(24,16(23)18-2)15(22)14(21)13(20)12-19/h13-15,19-22,24H,3-12H2,1-2H3,(H,18,23)/t13-,14-,15+,17-/m1/s1. The third-order valence-electron chi connectivity index (χ3n) is 4.43. The molecule has 0 fully saturated rings. The summed E-state index contributed by atoms with van der Waals surface area (Å²) in [4.78, 5) is 12.0. The highest BCUT2D eigenvalue weighted by molar-refractivity contribution is 5.85. The quantitative estimate of drug-likeness (QED) is 0.246. The molecule has 0 spiro atoms.